The highest BCUT2D eigenvalue weighted by molar-refractivity contribution is 4.87. The van der Waals surface area contributed by atoms with Crippen LogP contribution in [-0.2, 0) is 0 Å². The average Bonchev–Trinajstić information content (AvgIpc) is 3.08. The lowest BCUT2D eigenvalue weighted by molar-refractivity contribution is 0.208. The lowest BCUT2D eigenvalue weighted by Gasteiger charge is -2.30. The maximum Gasteiger partial charge on any atom is 0.00683 e. The zero-order valence-electron chi connectivity index (χ0n) is 11.3. The minimum atomic E-state index is 0.905. The normalized spacial score (nSPS) is 36.0. The minimum absolute atomic E-state index is 0.905. The van der Waals surface area contributed by atoms with Crippen LogP contribution in [0.1, 0.15) is 70.6 Å². The Balaban J connectivity index is 1.57. The quantitative estimate of drug-likeness (QED) is 0.723. The van der Waals surface area contributed by atoms with Crippen LogP contribution >= 0.6 is 0 Å². The molecule has 3 saturated carbocycles. The van der Waals surface area contributed by atoms with E-state index in [2.05, 4.69) is 5.32 Å². The van der Waals surface area contributed by atoms with E-state index in [1.807, 2.05) is 0 Å². The van der Waals surface area contributed by atoms with Crippen molar-refractivity contribution >= 4 is 0 Å². The molecule has 0 aromatic heterocycles. The summed E-state index contributed by atoms with van der Waals surface area (Å²) >= 11 is 0. The lowest BCUT2D eigenvalue weighted by Crippen LogP contribution is -2.32. The van der Waals surface area contributed by atoms with Gasteiger partial charge in [-0.1, -0.05) is 44.9 Å². The maximum atomic E-state index is 3.81. The Morgan fingerprint density at radius 2 is 1.41 bits per heavy atom. The first-order valence-electron chi connectivity index (χ1n) is 8.17. The molecule has 0 heterocycles. The van der Waals surface area contributed by atoms with Crippen molar-refractivity contribution in [3.63, 3.8) is 0 Å². The van der Waals surface area contributed by atoms with Crippen LogP contribution in [0.2, 0.25) is 0 Å². The van der Waals surface area contributed by atoms with Gasteiger partial charge < -0.3 is 5.32 Å². The van der Waals surface area contributed by atoms with E-state index in [-0.39, 0.29) is 0 Å². The van der Waals surface area contributed by atoms with E-state index in [4.69, 9.17) is 0 Å². The maximum absolute atomic E-state index is 3.81. The Kier molecular flexibility index (Phi) is 4.05. The van der Waals surface area contributed by atoms with Crippen LogP contribution in [-0.4, -0.2) is 12.6 Å². The molecule has 0 saturated heterocycles. The van der Waals surface area contributed by atoms with Crippen LogP contribution in [0.15, 0.2) is 0 Å². The van der Waals surface area contributed by atoms with Gasteiger partial charge in [-0.15, -0.1) is 0 Å². The molecular formula is C16H29N. The summed E-state index contributed by atoms with van der Waals surface area (Å²) in [4.78, 5) is 0. The molecule has 2 unspecified atom stereocenters. The first-order valence-corrected chi connectivity index (χ1v) is 8.17. The molecule has 1 nitrogen and oxygen atoms in total. The van der Waals surface area contributed by atoms with Crippen molar-refractivity contribution in [2.75, 3.05) is 6.54 Å². The molecule has 0 aromatic carbocycles. The summed E-state index contributed by atoms with van der Waals surface area (Å²) in [5.74, 6) is 3.19. The summed E-state index contributed by atoms with van der Waals surface area (Å²) in [6.07, 6.45) is 16.6. The van der Waals surface area contributed by atoms with Gasteiger partial charge in [0, 0.05) is 6.04 Å². The zero-order valence-corrected chi connectivity index (χ0v) is 11.3. The van der Waals surface area contributed by atoms with E-state index in [9.17, 15) is 0 Å². The summed E-state index contributed by atoms with van der Waals surface area (Å²) in [6, 6.07) is 0.905. The van der Waals surface area contributed by atoms with Crippen molar-refractivity contribution in [2.24, 2.45) is 17.8 Å². The fourth-order valence-corrected chi connectivity index (χ4v) is 4.28. The molecule has 1 N–H and O–H groups in total. The van der Waals surface area contributed by atoms with Crippen LogP contribution in [0.3, 0.4) is 0 Å². The van der Waals surface area contributed by atoms with Gasteiger partial charge in [0.1, 0.15) is 0 Å². The molecule has 0 radical (unpaired) electrons. The minimum Gasteiger partial charge on any atom is -0.314 e. The van der Waals surface area contributed by atoms with Gasteiger partial charge in [0.25, 0.3) is 0 Å². The fourth-order valence-electron chi connectivity index (χ4n) is 4.28. The van der Waals surface area contributed by atoms with E-state index in [1.165, 1.54) is 57.9 Å². The third-order valence-electron chi connectivity index (χ3n) is 5.47. The average molecular weight is 235 g/mol. The molecular weight excluding hydrogens is 206 g/mol. The third-order valence-corrected chi connectivity index (χ3v) is 5.47. The third kappa shape index (κ3) is 3.24. The molecule has 17 heavy (non-hydrogen) atoms. The largest absolute Gasteiger partial charge is 0.314 e. The summed E-state index contributed by atoms with van der Waals surface area (Å²) in [5.41, 5.74) is 0. The van der Waals surface area contributed by atoms with Crippen molar-refractivity contribution < 1.29 is 0 Å². The van der Waals surface area contributed by atoms with Crippen LogP contribution in [0.4, 0.5) is 0 Å². The van der Waals surface area contributed by atoms with Gasteiger partial charge in [-0.2, -0.15) is 0 Å². The second-order valence-electron chi connectivity index (χ2n) is 6.79. The number of rotatable bonds is 4. The van der Waals surface area contributed by atoms with Crippen molar-refractivity contribution in [3.8, 4) is 0 Å². The predicted molar refractivity (Wildman–Crippen MR) is 73.0 cm³/mol. The van der Waals surface area contributed by atoms with Gasteiger partial charge in [0.15, 0.2) is 0 Å². The van der Waals surface area contributed by atoms with Crippen molar-refractivity contribution in [1.82, 2.24) is 5.32 Å². The molecule has 2 atom stereocenters. The molecule has 3 fully saturated rings. The molecule has 0 aliphatic heterocycles. The smallest absolute Gasteiger partial charge is 0.00683 e. The highest BCUT2D eigenvalue weighted by atomic mass is 14.9. The molecule has 3 aliphatic carbocycles. The number of hydrogen-bond acceptors (Lipinski definition) is 1. The first-order chi connectivity index (χ1) is 8.43. The van der Waals surface area contributed by atoms with Gasteiger partial charge in [-0.3, -0.25) is 0 Å². The standard InChI is InChI=1S/C16H29N/c1-2-8-14(12-17-15-10-11-15)16(9-3-1)13-6-4-5-7-13/h13-17H,1-12H2. The lowest BCUT2D eigenvalue weighted by atomic mass is 9.77. The van der Waals surface area contributed by atoms with E-state index < -0.39 is 0 Å². The molecule has 3 rings (SSSR count). The molecule has 98 valence electrons. The molecule has 1 heteroatoms. The SMILES string of the molecule is C1CCC(CNC2CC2)C(C2CCCC2)CC1. The van der Waals surface area contributed by atoms with Gasteiger partial charge in [-0.05, 0) is 50.0 Å². The molecule has 3 aliphatic rings. The van der Waals surface area contributed by atoms with Gasteiger partial charge in [0.2, 0.25) is 0 Å². The summed E-state index contributed by atoms with van der Waals surface area (Å²) < 4.78 is 0. The molecule has 0 bridgehead atoms. The van der Waals surface area contributed by atoms with Gasteiger partial charge in [-0.25, -0.2) is 0 Å². The highest BCUT2D eigenvalue weighted by Crippen LogP contribution is 2.41. The Morgan fingerprint density at radius 1 is 0.706 bits per heavy atom. The van der Waals surface area contributed by atoms with E-state index in [1.54, 1.807) is 19.3 Å². The fraction of sp³-hybridized carbons (Fsp3) is 1.00. The van der Waals surface area contributed by atoms with Crippen LogP contribution in [0, 0.1) is 17.8 Å². The Hall–Kier alpha value is -0.0400. The van der Waals surface area contributed by atoms with E-state index in [0.29, 0.717) is 0 Å². The predicted octanol–water partition coefficient (Wildman–Crippen LogP) is 4.13. The van der Waals surface area contributed by atoms with E-state index >= 15 is 0 Å². The number of nitrogens with one attached hydrogen (secondary N) is 1. The zero-order chi connectivity index (χ0) is 11.5. The summed E-state index contributed by atoms with van der Waals surface area (Å²) in [6.45, 7) is 1.34. The van der Waals surface area contributed by atoms with Gasteiger partial charge >= 0.3 is 0 Å². The first kappa shape index (κ1) is 12.0. The summed E-state index contributed by atoms with van der Waals surface area (Å²) in [7, 11) is 0. The number of hydrogen-bond donors (Lipinski definition) is 1. The van der Waals surface area contributed by atoms with Crippen LogP contribution in [0.5, 0.6) is 0 Å². The van der Waals surface area contributed by atoms with Crippen LogP contribution in [0.25, 0.3) is 0 Å². The second kappa shape index (κ2) is 5.73. The molecule has 0 aromatic rings. The summed E-state index contributed by atoms with van der Waals surface area (Å²) in [5, 5.41) is 3.81. The van der Waals surface area contributed by atoms with Crippen molar-refractivity contribution in [3.05, 3.63) is 0 Å². The van der Waals surface area contributed by atoms with Gasteiger partial charge in [0.05, 0.1) is 0 Å². The molecule has 0 spiro atoms. The Morgan fingerprint density at radius 3 is 2.18 bits per heavy atom. The molecule has 0 amide bonds. The second-order valence-corrected chi connectivity index (χ2v) is 6.79. The topological polar surface area (TPSA) is 12.0 Å². The Bertz CT molecular complexity index is 228. The monoisotopic (exact) mass is 235 g/mol. The van der Waals surface area contributed by atoms with E-state index in [0.717, 1.165) is 23.8 Å². The van der Waals surface area contributed by atoms with Crippen molar-refractivity contribution in [2.45, 2.75) is 76.7 Å². The highest BCUT2D eigenvalue weighted by Gasteiger charge is 2.33. The van der Waals surface area contributed by atoms with Crippen LogP contribution < -0.4 is 5.32 Å². The van der Waals surface area contributed by atoms with Crippen molar-refractivity contribution in [1.29, 1.82) is 0 Å². The Labute approximate surface area is 107 Å².